The third-order valence-electron chi connectivity index (χ3n) is 3.87. The number of carboxylic acid groups (broad SMARTS) is 1. The number of hydrogen-bond acceptors (Lipinski definition) is 3. The molecule has 0 spiro atoms. The molecule has 0 aliphatic heterocycles. The van der Waals surface area contributed by atoms with Gasteiger partial charge >= 0.3 is 11.9 Å². The van der Waals surface area contributed by atoms with Crippen LogP contribution in [0.1, 0.15) is 41.6 Å². The Labute approximate surface area is 106 Å². The van der Waals surface area contributed by atoms with E-state index in [0.717, 1.165) is 5.56 Å². The van der Waals surface area contributed by atoms with Crippen LogP contribution in [0.25, 0.3) is 0 Å². The second-order valence-electron chi connectivity index (χ2n) is 4.69. The zero-order chi connectivity index (χ0) is 13.3. The number of ether oxygens (including phenoxy) is 1. The lowest BCUT2D eigenvalue weighted by molar-refractivity contribution is -0.143. The summed E-state index contributed by atoms with van der Waals surface area (Å²) in [5.41, 5.74) is 0.860. The molecule has 1 fully saturated rings. The fourth-order valence-corrected chi connectivity index (χ4v) is 2.49. The van der Waals surface area contributed by atoms with Gasteiger partial charge in [-0.3, -0.25) is 4.79 Å². The molecule has 0 radical (unpaired) electrons. The third kappa shape index (κ3) is 1.88. The topological polar surface area (TPSA) is 63.6 Å². The fourth-order valence-electron chi connectivity index (χ4n) is 2.49. The van der Waals surface area contributed by atoms with E-state index >= 15 is 0 Å². The third-order valence-corrected chi connectivity index (χ3v) is 3.87. The van der Waals surface area contributed by atoms with Crippen molar-refractivity contribution in [3.8, 4) is 0 Å². The molecular formula is C14H16O4. The maximum absolute atomic E-state index is 11.3. The highest BCUT2D eigenvalue weighted by Crippen LogP contribution is 2.61. The van der Waals surface area contributed by atoms with Crippen LogP contribution in [0.4, 0.5) is 0 Å². The van der Waals surface area contributed by atoms with Crippen LogP contribution < -0.4 is 0 Å². The van der Waals surface area contributed by atoms with Crippen molar-refractivity contribution in [2.45, 2.75) is 25.7 Å². The zero-order valence-electron chi connectivity index (χ0n) is 10.5. The minimum absolute atomic E-state index is 0.0618. The Kier molecular flexibility index (Phi) is 3.11. The summed E-state index contributed by atoms with van der Waals surface area (Å²) in [6.45, 7) is 1.90. The average molecular weight is 248 g/mol. The first-order chi connectivity index (χ1) is 8.55. The molecule has 0 unspecified atom stereocenters. The summed E-state index contributed by atoms with van der Waals surface area (Å²) in [7, 11) is 1.34. The molecule has 1 aliphatic rings. The lowest BCUT2D eigenvalue weighted by atomic mass is 9.96. The van der Waals surface area contributed by atoms with Crippen molar-refractivity contribution in [2.75, 3.05) is 7.11 Å². The number of methoxy groups -OCH3 is 1. The van der Waals surface area contributed by atoms with E-state index in [4.69, 9.17) is 0 Å². The van der Waals surface area contributed by atoms with Gasteiger partial charge in [-0.25, -0.2) is 4.79 Å². The van der Waals surface area contributed by atoms with E-state index in [9.17, 15) is 14.7 Å². The molecule has 0 heterocycles. The number of aliphatic carboxylic acids is 1. The van der Waals surface area contributed by atoms with E-state index in [0.29, 0.717) is 18.4 Å². The fraction of sp³-hybridized carbons (Fsp3) is 0.429. The minimum Gasteiger partial charge on any atom is -0.481 e. The first kappa shape index (κ1) is 12.6. The highest BCUT2D eigenvalue weighted by Gasteiger charge is 2.59. The smallest absolute Gasteiger partial charge is 0.337 e. The number of carboxylic acids is 1. The van der Waals surface area contributed by atoms with E-state index in [1.54, 1.807) is 12.1 Å². The molecule has 1 aromatic rings. The first-order valence-electron chi connectivity index (χ1n) is 5.97. The Morgan fingerprint density at radius 2 is 2.00 bits per heavy atom. The molecule has 2 atom stereocenters. The molecule has 18 heavy (non-hydrogen) atoms. The van der Waals surface area contributed by atoms with Crippen molar-refractivity contribution in [3.63, 3.8) is 0 Å². The molecule has 2 rings (SSSR count). The Hall–Kier alpha value is -1.84. The first-order valence-corrected chi connectivity index (χ1v) is 5.97. The highest BCUT2D eigenvalue weighted by atomic mass is 16.5. The maximum atomic E-state index is 11.3. The van der Waals surface area contributed by atoms with Crippen molar-refractivity contribution in [2.24, 2.45) is 5.41 Å². The Balaban J connectivity index is 2.18. The van der Waals surface area contributed by atoms with E-state index in [2.05, 4.69) is 4.74 Å². The van der Waals surface area contributed by atoms with Gasteiger partial charge in [0.2, 0.25) is 0 Å². The minimum atomic E-state index is -0.730. The van der Waals surface area contributed by atoms with Crippen LogP contribution in [0.2, 0.25) is 0 Å². The molecule has 1 N–H and O–H groups in total. The molecule has 0 aromatic heterocycles. The highest BCUT2D eigenvalue weighted by molar-refractivity contribution is 5.89. The second kappa shape index (κ2) is 4.44. The normalized spacial score (nSPS) is 25.6. The van der Waals surface area contributed by atoms with Gasteiger partial charge in [0.1, 0.15) is 0 Å². The molecule has 0 bridgehead atoms. The van der Waals surface area contributed by atoms with E-state index < -0.39 is 11.4 Å². The van der Waals surface area contributed by atoms with Crippen molar-refractivity contribution in [3.05, 3.63) is 35.4 Å². The zero-order valence-corrected chi connectivity index (χ0v) is 10.5. The van der Waals surface area contributed by atoms with Gasteiger partial charge < -0.3 is 9.84 Å². The summed E-state index contributed by atoms with van der Waals surface area (Å²) >= 11 is 0. The number of esters is 1. The lowest BCUT2D eigenvalue weighted by Gasteiger charge is -2.09. The predicted octanol–water partition coefficient (Wildman–Crippen LogP) is 2.44. The Bertz CT molecular complexity index is 477. The van der Waals surface area contributed by atoms with E-state index in [1.165, 1.54) is 7.11 Å². The monoisotopic (exact) mass is 248 g/mol. The van der Waals surface area contributed by atoms with E-state index in [1.807, 2.05) is 19.1 Å². The number of rotatable bonds is 4. The van der Waals surface area contributed by atoms with Gasteiger partial charge in [-0.1, -0.05) is 19.1 Å². The van der Waals surface area contributed by atoms with Gasteiger partial charge in [0.25, 0.3) is 0 Å². The van der Waals surface area contributed by atoms with Crippen LogP contribution in [0.15, 0.2) is 24.3 Å². The molecule has 4 nitrogen and oxygen atoms in total. The molecule has 1 aliphatic carbocycles. The number of hydrogen-bond donors (Lipinski definition) is 1. The van der Waals surface area contributed by atoms with Gasteiger partial charge in [0.05, 0.1) is 18.1 Å². The van der Waals surface area contributed by atoms with Gasteiger partial charge in [0.15, 0.2) is 0 Å². The summed E-state index contributed by atoms with van der Waals surface area (Å²) in [6.07, 6.45) is 1.31. The van der Waals surface area contributed by atoms with Crippen molar-refractivity contribution in [1.29, 1.82) is 0 Å². The Morgan fingerprint density at radius 1 is 1.39 bits per heavy atom. The van der Waals surface area contributed by atoms with Gasteiger partial charge in [-0.05, 0) is 30.5 Å². The van der Waals surface area contributed by atoms with Crippen molar-refractivity contribution in [1.82, 2.24) is 0 Å². The number of benzene rings is 1. The van der Waals surface area contributed by atoms with Crippen LogP contribution in [0.3, 0.4) is 0 Å². The maximum Gasteiger partial charge on any atom is 0.337 e. The molecule has 0 saturated heterocycles. The molecule has 0 amide bonds. The summed E-state index contributed by atoms with van der Waals surface area (Å²) in [5, 5.41) is 9.24. The summed E-state index contributed by atoms with van der Waals surface area (Å²) in [5.74, 6) is -1.05. The average Bonchev–Trinajstić information content (AvgIpc) is 3.14. The number of carbonyl (C=O) groups is 2. The summed E-state index contributed by atoms with van der Waals surface area (Å²) in [6, 6.07) is 7.00. The molecule has 1 aromatic carbocycles. The van der Waals surface area contributed by atoms with Crippen LogP contribution in [0, 0.1) is 5.41 Å². The van der Waals surface area contributed by atoms with Gasteiger partial charge in [-0.2, -0.15) is 0 Å². The number of carbonyl (C=O) groups excluding carboxylic acids is 1. The quantitative estimate of drug-likeness (QED) is 0.831. The van der Waals surface area contributed by atoms with Crippen LogP contribution >= 0.6 is 0 Å². The van der Waals surface area contributed by atoms with Crippen molar-refractivity contribution < 1.29 is 19.4 Å². The molecule has 96 valence electrons. The van der Waals surface area contributed by atoms with Crippen LogP contribution in [0.5, 0.6) is 0 Å². The lowest BCUT2D eigenvalue weighted by Crippen LogP contribution is -2.15. The molecule has 1 saturated carbocycles. The van der Waals surface area contributed by atoms with Crippen LogP contribution in [-0.2, 0) is 9.53 Å². The second-order valence-corrected chi connectivity index (χ2v) is 4.69. The molecule has 4 heteroatoms. The molecular weight excluding hydrogens is 232 g/mol. The standard InChI is InChI=1S/C14H16O4/c1-3-14(13(16)17)8-11(14)9-4-6-10(7-5-9)12(15)18-2/h4-7,11H,3,8H2,1-2H3,(H,16,17)/t11-,14-/m1/s1. The van der Waals surface area contributed by atoms with Crippen molar-refractivity contribution >= 4 is 11.9 Å². The SMILES string of the molecule is CC[C@@]1(C(=O)O)C[C@@H]1c1ccc(C(=O)OC)cc1. The predicted molar refractivity (Wildman–Crippen MR) is 65.5 cm³/mol. The summed E-state index contributed by atoms with van der Waals surface area (Å²) in [4.78, 5) is 22.5. The van der Waals surface area contributed by atoms with Gasteiger partial charge in [0, 0.05) is 5.92 Å². The Morgan fingerprint density at radius 3 is 2.39 bits per heavy atom. The summed E-state index contributed by atoms with van der Waals surface area (Å²) < 4.78 is 4.62. The van der Waals surface area contributed by atoms with Gasteiger partial charge in [-0.15, -0.1) is 0 Å². The largest absolute Gasteiger partial charge is 0.481 e. The van der Waals surface area contributed by atoms with Crippen LogP contribution in [-0.4, -0.2) is 24.2 Å². The van der Waals surface area contributed by atoms with E-state index in [-0.39, 0.29) is 11.9 Å².